The summed E-state index contributed by atoms with van der Waals surface area (Å²) in [6.45, 7) is 6.47. The van der Waals surface area contributed by atoms with Gasteiger partial charge in [-0.25, -0.2) is 0 Å². The highest BCUT2D eigenvalue weighted by atomic mass is 32.2. The number of rotatable bonds is 5. The van der Waals surface area contributed by atoms with Crippen molar-refractivity contribution in [2.45, 2.75) is 13.3 Å². The van der Waals surface area contributed by atoms with Crippen LogP contribution in [-0.2, 0) is 4.74 Å². The molecule has 0 aromatic rings. The van der Waals surface area contributed by atoms with Crippen molar-refractivity contribution in [1.29, 1.82) is 0 Å². The molecule has 0 aromatic heterocycles. The molecule has 0 N–H and O–H groups in total. The standard InChI is InChI=1S/C8H14OS/c1-4-6-8(10-3)9-7-5-2/h4,6H,1,5,7H2,2-3H3/b8-6-. The molecule has 0 unspecified atom stereocenters. The lowest BCUT2D eigenvalue weighted by atomic mass is 10.5. The third kappa shape index (κ3) is 4.50. The van der Waals surface area contributed by atoms with Crippen molar-refractivity contribution in [2.75, 3.05) is 12.9 Å². The molecule has 0 amide bonds. The molecule has 0 bridgehead atoms. The van der Waals surface area contributed by atoms with Gasteiger partial charge in [-0.1, -0.05) is 31.3 Å². The predicted octanol–water partition coefficient (Wildman–Crippen LogP) is 2.80. The van der Waals surface area contributed by atoms with Gasteiger partial charge in [0.15, 0.2) is 5.09 Å². The number of hydrogen-bond donors (Lipinski definition) is 0. The summed E-state index contributed by atoms with van der Waals surface area (Å²) in [4.78, 5) is 0. The molecule has 58 valence electrons. The Morgan fingerprint density at radius 2 is 2.40 bits per heavy atom. The third-order valence-corrected chi connectivity index (χ3v) is 1.56. The average molecular weight is 158 g/mol. The number of thioether (sulfide) groups is 1. The molecule has 0 spiro atoms. The lowest BCUT2D eigenvalue weighted by Crippen LogP contribution is -1.88. The van der Waals surface area contributed by atoms with Crippen molar-refractivity contribution in [2.24, 2.45) is 0 Å². The predicted molar refractivity (Wildman–Crippen MR) is 48.0 cm³/mol. The van der Waals surface area contributed by atoms with Crippen LogP contribution in [0.3, 0.4) is 0 Å². The van der Waals surface area contributed by atoms with Gasteiger partial charge >= 0.3 is 0 Å². The van der Waals surface area contributed by atoms with Crippen molar-refractivity contribution in [3.63, 3.8) is 0 Å². The van der Waals surface area contributed by atoms with E-state index >= 15 is 0 Å². The zero-order chi connectivity index (χ0) is 7.82. The third-order valence-electron chi connectivity index (χ3n) is 0.904. The van der Waals surface area contributed by atoms with Crippen LogP contribution in [0.15, 0.2) is 23.8 Å². The molecular formula is C8H14OS. The van der Waals surface area contributed by atoms with E-state index in [2.05, 4.69) is 13.5 Å². The van der Waals surface area contributed by atoms with E-state index in [0.717, 1.165) is 18.1 Å². The van der Waals surface area contributed by atoms with E-state index in [-0.39, 0.29) is 0 Å². The molecule has 0 saturated carbocycles. The van der Waals surface area contributed by atoms with Crippen molar-refractivity contribution in [3.8, 4) is 0 Å². The highest BCUT2D eigenvalue weighted by Gasteiger charge is 1.90. The van der Waals surface area contributed by atoms with Crippen LogP contribution in [0.5, 0.6) is 0 Å². The maximum absolute atomic E-state index is 5.33. The summed E-state index contributed by atoms with van der Waals surface area (Å²) in [5.74, 6) is 0. The summed E-state index contributed by atoms with van der Waals surface area (Å²) >= 11 is 1.60. The Morgan fingerprint density at radius 3 is 2.80 bits per heavy atom. The summed E-state index contributed by atoms with van der Waals surface area (Å²) in [5, 5.41) is 0.942. The number of allylic oxidation sites excluding steroid dienone is 2. The van der Waals surface area contributed by atoms with Crippen LogP contribution in [-0.4, -0.2) is 12.9 Å². The Hall–Kier alpha value is -0.370. The minimum absolute atomic E-state index is 0.792. The number of ether oxygens (including phenoxy) is 1. The first-order valence-electron chi connectivity index (χ1n) is 3.34. The zero-order valence-electron chi connectivity index (χ0n) is 6.59. The molecular weight excluding hydrogens is 144 g/mol. The summed E-state index contributed by atoms with van der Waals surface area (Å²) in [7, 11) is 0. The Balaban J connectivity index is 3.59. The summed E-state index contributed by atoms with van der Waals surface area (Å²) < 4.78 is 5.33. The van der Waals surface area contributed by atoms with Gasteiger partial charge in [0.25, 0.3) is 0 Å². The van der Waals surface area contributed by atoms with Crippen molar-refractivity contribution >= 4 is 11.8 Å². The fourth-order valence-electron chi connectivity index (χ4n) is 0.474. The van der Waals surface area contributed by atoms with Gasteiger partial charge in [0.05, 0.1) is 6.61 Å². The van der Waals surface area contributed by atoms with Crippen LogP contribution in [0.1, 0.15) is 13.3 Å². The van der Waals surface area contributed by atoms with Crippen molar-refractivity contribution in [1.82, 2.24) is 0 Å². The highest BCUT2D eigenvalue weighted by Crippen LogP contribution is 2.12. The molecule has 0 rings (SSSR count). The van der Waals surface area contributed by atoms with Gasteiger partial charge in [0.1, 0.15) is 0 Å². The molecule has 0 atom stereocenters. The van der Waals surface area contributed by atoms with E-state index in [0.29, 0.717) is 0 Å². The van der Waals surface area contributed by atoms with Crippen LogP contribution >= 0.6 is 11.8 Å². The minimum Gasteiger partial charge on any atom is -0.487 e. The van der Waals surface area contributed by atoms with Gasteiger partial charge in [-0.05, 0) is 18.8 Å². The molecule has 0 saturated heterocycles. The molecule has 0 aliphatic heterocycles. The molecule has 0 fully saturated rings. The lowest BCUT2D eigenvalue weighted by molar-refractivity contribution is 0.239. The van der Waals surface area contributed by atoms with Crippen LogP contribution in [0.4, 0.5) is 0 Å². The molecule has 0 heterocycles. The summed E-state index contributed by atoms with van der Waals surface area (Å²) in [6, 6.07) is 0. The largest absolute Gasteiger partial charge is 0.487 e. The average Bonchev–Trinajstić information content (AvgIpc) is 1.98. The van der Waals surface area contributed by atoms with Crippen molar-refractivity contribution in [3.05, 3.63) is 23.8 Å². The van der Waals surface area contributed by atoms with E-state index in [1.54, 1.807) is 17.8 Å². The maximum Gasteiger partial charge on any atom is 0.152 e. The Labute approximate surface area is 67.2 Å². The van der Waals surface area contributed by atoms with Gasteiger partial charge in [0, 0.05) is 0 Å². The van der Waals surface area contributed by atoms with E-state index in [9.17, 15) is 0 Å². The van der Waals surface area contributed by atoms with Crippen LogP contribution in [0.25, 0.3) is 0 Å². The lowest BCUT2D eigenvalue weighted by Gasteiger charge is -2.04. The van der Waals surface area contributed by atoms with E-state index in [4.69, 9.17) is 4.74 Å². The van der Waals surface area contributed by atoms with Gasteiger partial charge in [-0.15, -0.1) is 0 Å². The Morgan fingerprint density at radius 1 is 1.70 bits per heavy atom. The Kier molecular flexibility index (Phi) is 6.50. The molecule has 0 aliphatic carbocycles. The van der Waals surface area contributed by atoms with Crippen LogP contribution < -0.4 is 0 Å². The van der Waals surface area contributed by atoms with Gasteiger partial charge in [0.2, 0.25) is 0 Å². The van der Waals surface area contributed by atoms with Gasteiger partial charge < -0.3 is 4.74 Å². The SMILES string of the molecule is C=C/C=C(/OCCC)SC. The van der Waals surface area contributed by atoms with E-state index < -0.39 is 0 Å². The van der Waals surface area contributed by atoms with E-state index in [1.165, 1.54) is 0 Å². The Bertz CT molecular complexity index is 118. The molecule has 10 heavy (non-hydrogen) atoms. The quantitative estimate of drug-likeness (QED) is 0.449. The zero-order valence-corrected chi connectivity index (χ0v) is 7.41. The smallest absolute Gasteiger partial charge is 0.152 e. The minimum atomic E-state index is 0.792. The summed E-state index contributed by atoms with van der Waals surface area (Å²) in [6.07, 6.45) is 6.65. The molecule has 0 radical (unpaired) electrons. The first-order chi connectivity index (χ1) is 4.85. The molecule has 1 nitrogen and oxygen atoms in total. The summed E-state index contributed by atoms with van der Waals surface area (Å²) in [5.41, 5.74) is 0. The second kappa shape index (κ2) is 6.75. The van der Waals surface area contributed by atoms with Gasteiger partial charge in [-0.2, -0.15) is 0 Å². The van der Waals surface area contributed by atoms with Crippen LogP contribution in [0.2, 0.25) is 0 Å². The highest BCUT2D eigenvalue weighted by molar-refractivity contribution is 8.02. The molecule has 0 aromatic carbocycles. The van der Waals surface area contributed by atoms with Gasteiger partial charge in [-0.3, -0.25) is 0 Å². The first-order valence-corrected chi connectivity index (χ1v) is 4.57. The second-order valence-electron chi connectivity index (χ2n) is 1.77. The fraction of sp³-hybridized carbons (Fsp3) is 0.500. The normalized spacial score (nSPS) is 11.2. The molecule has 0 aliphatic rings. The second-order valence-corrected chi connectivity index (χ2v) is 2.58. The first kappa shape index (κ1) is 9.63. The topological polar surface area (TPSA) is 9.23 Å². The maximum atomic E-state index is 5.33. The van der Waals surface area contributed by atoms with E-state index in [1.807, 2.05) is 12.3 Å². The van der Waals surface area contributed by atoms with Crippen molar-refractivity contribution < 1.29 is 4.74 Å². The monoisotopic (exact) mass is 158 g/mol. The fourth-order valence-corrected chi connectivity index (χ4v) is 0.907. The molecule has 2 heteroatoms. The van der Waals surface area contributed by atoms with Crippen LogP contribution in [0, 0.1) is 0 Å². The number of hydrogen-bond acceptors (Lipinski definition) is 2.